The van der Waals surface area contributed by atoms with Crippen molar-refractivity contribution in [3.05, 3.63) is 0 Å². The first-order valence-corrected chi connectivity index (χ1v) is 5.73. The van der Waals surface area contributed by atoms with Crippen molar-refractivity contribution in [2.24, 2.45) is 5.92 Å². The van der Waals surface area contributed by atoms with Crippen LogP contribution in [0.3, 0.4) is 0 Å². The zero-order chi connectivity index (χ0) is 9.26. The van der Waals surface area contributed by atoms with Crippen LogP contribution in [0.15, 0.2) is 0 Å². The first-order chi connectivity index (χ1) is 6.29. The molecule has 2 aliphatic carbocycles. The lowest BCUT2D eigenvalue weighted by Crippen LogP contribution is -2.36. The number of nitrogens with one attached hydrogen (secondary N) is 1. The van der Waals surface area contributed by atoms with Crippen LogP contribution in [0.1, 0.15) is 45.4 Å². The topological polar surface area (TPSA) is 32.3 Å². The second kappa shape index (κ2) is 3.97. The summed E-state index contributed by atoms with van der Waals surface area (Å²) in [6.07, 6.45) is 7.05. The van der Waals surface area contributed by atoms with Crippen molar-refractivity contribution in [3.63, 3.8) is 0 Å². The predicted octanol–water partition coefficient (Wildman–Crippen LogP) is 1.68. The Balaban J connectivity index is 1.66. The smallest absolute Gasteiger partial charge is 0.0541 e. The normalized spacial score (nSPS) is 44.8. The number of rotatable bonds is 3. The lowest BCUT2D eigenvalue weighted by Gasteiger charge is -2.26. The Kier molecular flexibility index (Phi) is 2.89. The van der Waals surface area contributed by atoms with E-state index in [1.54, 1.807) is 0 Å². The van der Waals surface area contributed by atoms with Gasteiger partial charge in [0.05, 0.1) is 6.10 Å². The maximum atomic E-state index is 9.35. The monoisotopic (exact) mass is 183 g/mol. The lowest BCUT2D eigenvalue weighted by molar-refractivity contribution is 0.116. The highest BCUT2D eigenvalue weighted by atomic mass is 16.3. The predicted molar refractivity (Wildman–Crippen MR) is 53.6 cm³/mol. The molecule has 2 aliphatic rings. The van der Waals surface area contributed by atoms with Crippen molar-refractivity contribution >= 4 is 0 Å². The third kappa shape index (κ3) is 2.44. The molecule has 0 heterocycles. The van der Waals surface area contributed by atoms with Gasteiger partial charge in [0.2, 0.25) is 0 Å². The fourth-order valence-electron chi connectivity index (χ4n) is 2.45. The molecule has 2 unspecified atom stereocenters. The summed E-state index contributed by atoms with van der Waals surface area (Å²) in [5.41, 5.74) is 0. The van der Waals surface area contributed by atoms with Gasteiger partial charge in [-0.1, -0.05) is 13.3 Å². The fourth-order valence-corrected chi connectivity index (χ4v) is 2.45. The van der Waals surface area contributed by atoms with Crippen molar-refractivity contribution in [1.29, 1.82) is 0 Å². The SMILES string of the molecule is CCC1CC1NC1CCC(O)CC1. The van der Waals surface area contributed by atoms with Gasteiger partial charge in [-0.15, -0.1) is 0 Å². The molecular weight excluding hydrogens is 162 g/mol. The number of hydrogen-bond acceptors (Lipinski definition) is 2. The quantitative estimate of drug-likeness (QED) is 0.697. The van der Waals surface area contributed by atoms with E-state index in [0.29, 0.717) is 6.04 Å². The zero-order valence-electron chi connectivity index (χ0n) is 8.50. The molecule has 0 saturated heterocycles. The molecule has 2 N–H and O–H groups in total. The summed E-state index contributed by atoms with van der Waals surface area (Å²) in [4.78, 5) is 0. The van der Waals surface area contributed by atoms with Crippen LogP contribution < -0.4 is 5.32 Å². The molecule has 2 rings (SSSR count). The highest BCUT2D eigenvalue weighted by Crippen LogP contribution is 2.34. The first-order valence-electron chi connectivity index (χ1n) is 5.73. The highest BCUT2D eigenvalue weighted by molar-refractivity contribution is 4.94. The molecule has 2 heteroatoms. The molecular formula is C11H21NO. The largest absolute Gasteiger partial charge is 0.393 e. The van der Waals surface area contributed by atoms with Crippen molar-refractivity contribution in [1.82, 2.24) is 5.32 Å². The van der Waals surface area contributed by atoms with Gasteiger partial charge in [0.15, 0.2) is 0 Å². The fraction of sp³-hybridized carbons (Fsp3) is 1.00. The average molecular weight is 183 g/mol. The standard InChI is InChI=1S/C11H21NO/c1-2-8-7-11(8)12-9-3-5-10(13)6-4-9/h8-13H,2-7H2,1H3. The maximum absolute atomic E-state index is 9.35. The van der Waals surface area contributed by atoms with E-state index in [1.165, 1.54) is 25.7 Å². The van der Waals surface area contributed by atoms with Crippen molar-refractivity contribution in [3.8, 4) is 0 Å². The van der Waals surface area contributed by atoms with Gasteiger partial charge in [-0.3, -0.25) is 0 Å². The molecule has 0 spiro atoms. The Hall–Kier alpha value is -0.0800. The van der Waals surface area contributed by atoms with Gasteiger partial charge in [0.25, 0.3) is 0 Å². The third-order valence-electron chi connectivity index (χ3n) is 3.59. The van der Waals surface area contributed by atoms with Crippen LogP contribution in [0.2, 0.25) is 0 Å². The Bertz CT molecular complexity index is 163. The van der Waals surface area contributed by atoms with Crippen molar-refractivity contribution in [2.45, 2.75) is 63.6 Å². The van der Waals surface area contributed by atoms with Crippen LogP contribution in [0.4, 0.5) is 0 Å². The molecule has 0 aromatic carbocycles. The molecule has 2 nitrogen and oxygen atoms in total. The summed E-state index contributed by atoms with van der Waals surface area (Å²) in [5.74, 6) is 0.951. The maximum Gasteiger partial charge on any atom is 0.0541 e. The molecule has 0 amide bonds. The zero-order valence-corrected chi connectivity index (χ0v) is 8.50. The highest BCUT2D eigenvalue weighted by Gasteiger charge is 2.36. The van der Waals surface area contributed by atoms with E-state index in [1.807, 2.05) is 0 Å². The summed E-state index contributed by atoms with van der Waals surface area (Å²) in [6, 6.07) is 1.51. The van der Waals surface area contributed by atoms with Gasteiger partial charge in [0, 0.05) is 12.1 Å². The van der Waals surface area contributed by atoms with E-state index in [0.717, 1.165) is 24.8 Å². The second-order valence-corrected chi connectivity index (χ2v) is 4.68. The van der Waals surface area contributed by atoms with Gasteiger partial charge in [0.1, 0.15) is 0 Å². The van der Waals surface area contributed by atoms with E-state index >= 15 is 0 Å². The van der Waals surface area contributed by atoms with Gasteiger partial charge in [-0.25, -0.2) is 0 Å². The minimum Gasteiger partial charge on any atom is -0.393 e. The summed E-state index contributed by atoms with van der Waals surface area (Å²) in [6.45, 7) is 2.27. The molecule has 0 aliphatic heterocycles. The average Bonchev–Trinajstić information content (AvgIpc) is 2.88. The minimum absolute atomic E-state index is 0.0146. The Labute approximate surface area is 80.7 Å². The summed E-state index contributed by atoms with van der Waals surface area (Å²) >= 11 is 0. The second-order valence-electron chi connectivity index (χ2n) is 4.68. The molecule has 2 fully saturated rings. The minimum atomic E-state index is -0.0146. The molecule has 2 saturated carbocycles. The molecule has 0 aromatic heterocycles. The number of aliphatic hydroxyl groups excluding tert-OH is 1. The van der Waals surface area contributed by atoms with E-state index in [4.69, 9.17) is 0 Å². The molecule has 0 bridgehead atoms. The summed E-state index contributed by atoms with van der Waals surface area (Å²) < 4.78 is 0. The van der Waals surface area contributed by atoms with Gasteiger partial charge >= 0.3 is 0 Å². The number of aliphatic hydroxyl groups is 1. The van der Waals surface area contributed by atoms with Gasteiger partial charge in [-0.05, 0) is 38.0 Å². The van der Waals surface area contributed by atoms with Crippen molar-refractivity contribution in [2.75, 3.05) is 0 Å². The summed E-state index contributed by atoms with van der Waals surface area (Å²) in [5, 5.41) is 13.1. The van der Waals surface area contributed by atoms with Gasteiger partial charge in [-0.2, -0.15) is 0 Å². The summed E-state index contributed by atoms with van der Waals surface area (Å²) in [7, 11) is 0. The van der Waals surface area contributed by atoms with E-state index in [-0.39, 0.29) is 6.10 Å². The van der Waals surface area contributed by atoms with Gasteiger partial charge < -0.3 is 10.4 Å². The Morgan fingerprint density at radius 2 is 1.92 bits per heavy atom. The Morgan fingerprint density at radius 3 is 2.46 bits per heavy atom. The molecule has 2 atom stereocenters. The van der Waals surface area contributed by atoms with Crippen LogP contribution >= 0.6 is 0 Å². The van der Waals surface area contributed by atoms with Crippen LogP contribution in [0, 0.1) is 5.92 Å². The van der Waals surface area contributed by atoms with Crippen LogP contribution in [0.25, 0.3) is 0 Å². The van der Waals surface area contributed by atoms with E-state index in [9.17, 15) is 5.11 Å². The molecule has 0 radical (unpaired) electrons. The lowest BCUT2D eigenvalue weighted by atomic mass is 9.93. The Morgan fingerprint density at radius 1 is 1.23 bits per heavy atom. The van der Waals surface area contributed by atoms with Crippen LogP contribution in [-0.4, -0.2) is 23.3 Å². The third-order valence-corrected chi connectivity index (χ3v) is 3.59. The molecule has 0 aromatic rings. The van der Waals surface area contributed by atoms with E-state index in [2.05, 4.69) is 12.2 Å². The molecule has 13 heavy (non-hydrogen) atoms. The first kappa shape index (κ1) is 9.47. The number of hydrogen-bond donors (Lipinski definition) is 2. The van der Waals surface area contributed by atoms with Crippen LogP contribution in [-0.2, 0) is 0 Å². The van der Waals surface area contributed by atoms with Crippen LogP contribution in [0.5, 0.6) is 0 Å². The van der Waals surface area contributed by atoms with Crippen molar-refractivity contribution < 1.29 is 5.11 Å². The molecule has 76 valence electrons. The van der Waals surface area contributed by atoms with E-state index < -0.39 is 0 Å².